The van der Waals surface area contributed by atoms with Crippen molar-refractivity contribution in [1.29, 1.82) is 0 Å². The SMILES string of the molecule is Cn1nc(-c2ccccc2)c2c(-c3ccccc3)c3ccccc3nc21. The van der Waals surface area contributed by atoms with Gasteiger partial charge < -0.3 is 0 Å². The molecule has 0 amide bonds. The van der Waals surface area contributed by atoms with E-state index in [0.29, 0.717) is 0 Å². The molecule has 0 fully saturated rings. The molecular weight excluding hydrogens is 318 g/mol. The summed E-state index contributed by atoms with van der Waals surface area (Å²) >= 11 is 0. The van der Waals surface area contributed by atoms with Crippen LogP contribution in [0.25, 0.3) is 44.3 Å². The Kier molecular flexibility index (Phi) is 3.32. The smallest absolute Gasteiger partial charge is 0.159 e. The Morgan fingerprint density at radius 3 is 2.04 bits per heavy atom. The van der Waals surface area contributed by atoms with Crippen molar-refractivity contribution in [3.63, 3.8) is 0 Å². The second kappa shape index (κ2) is 5.81. The van der Waals surface area contributed by atoms with E-state index >= 15 is 0 Å². The summed E-state index contributed by atoms with van der Waals surface area (Å²) in [5, 5.41) is 7.07. The maximum atomic E-state index is 4.91. The molecule has 5 rings (SSSR count). The van der Waals surface area contributed by atoms with E-state index in [9.17, 15) is 0 Å². The van der Waals surface area contributed by atoms with Crippen LogP contribution in [0.5, 0.6) is 0 Å². The van der Waals surface area contributed by atoms with Gasteiger partial charge in [-0.2, -0.15) is 5.10 Å². The van der Waals surface area contributed by atoms with Crippen molar-refractivity contribution >= 4 is 21.9 Å². The van der Waals surface area contributed by atoms with Crippen molar-refractivity contribution in [3.05, 3.63) is 84.9 Å². The van der Waals surface area contributed by atoms with Gasteiger partial charge in [0.15, 0.2) is 5.65 Å². The summed E-state index contributed by atoms with van der Waals surface area (Å²) in [5.41, 5.74) is 6.34. The molecule has 26 heavy (non-hydrogen) atoms. The van der Waals surface area contributed by atoms with E-state index in [-0.39, 0.29) is 0 Å². The number of hydrogen-bond donors (Lipinski definition) is 0. The minimum Gasteiger partial charge on any atom is -0.250 e. The van der Waals surface area contributed by atoms with E-state index in [1.54, 1.807) is 0 Å². The van der Waals surface area contributed by atoms with Gasteiger partial charge in [-0.25, -0.2) is 9.67 Å². The van der Waals surface area contributed by atoms with Crippen LogP contribution < -0.4 is 0 Å². The number of nitrogens with zero attached hydrogens (tertiary/aromatic N) is 3. The molecule has 0 spiro atoms. The van der Waals surface area contributed by atoms with Crippen LogP contribution in [-0.4, -0.2) is 14.8 Å². The van der Waals surface area contributed by atoms with Gasteiger partial charge in [-0.3, -0.25) is 0 Å². The van der Waals surface area contributed by atoms with Crippen LogP contribution in [0, 0.1) is 0 Å². The van der Waals surface area contributed by atoms with Gasteiger partial charge >= 0.3 is 0 Å². The van der Waals surface area contributed by atoms with Gasteiger partial charge in [0.25, 0.3) is 0 Å². The van der Waals surface area contributed by atoms with E-state index in [1.807, 2.05) is 42.1 Å². The fourth-order valence-electron chi connectivity index (χ4n) is 3.61. The molecular formula is C23H17N3. The lowest BCUT2D eigenvalue weighted by molar-refractivity contribution is 0.791. The highest BCUT2D eigenvalue weighted by molar-refractivity contribution is 6.13. The van der Waals surface area contributed by atoms with Crippen LogP contribution in [0.4, 0.5) is 0 Å². The van der Waals surface area contributed by atoms with Crippen molar-refractivity contribution in [2.24, 2.45) is 7.05 Å². The quantitative estimate of drug-likeness (QED) is 0.429. The molecule has 2 heterocycles. The summed E-state index contributed by atoms with van der Waals surface area (Å²) in [7, 11) is 1.96. The van der Waals surface area contributed by atoms with Gasteiger partial charge in [-0.1, -0.05) is 78.9 Å². The molecule has 0 aliphatic rings. The zero-order valence-electron chi connectivity index (χ0n) is 14.4. The highest BCUT2D eigenvalue weighted by atomic mass is 15.3. The lowest BCUT2D eigenvalue weighted by atomic mass is 9.95. The fraction of sp³-hybridized carbons (Fsp3) is 0.0435. The number of benzene rings is 3. The highest BCUT2D eigenvalue weighted by Gasteiger charge is 2.19. The zero-order valence-corrected chi connectivity index (χ0v) is 14.4. The third-order valence-corrected chi connectivity index (χ3v) is 4.78. The summed E-state index contributed by atoms with van der Waals surface area (Å²) < 4.78 is 1.89. The first-order chi connectivity index (χ1) is 12.8. The summed E-state index contributed by atoms with van der Waals surface area (Å²) in [5.74, 6) is 0. The molecule has 0 bridgehead atoms. The Bertz CT molecular complexity index is 1220. The van der Waals surface area contributed by atoms with Crippen molar-refractivity contribution in [1.82, 2.24) is 14.8 Å². The number of aromatic nitrogens is 3. The third kappa shape index (κ3) is 2.21. The monoisotopic (exact) mass is 335 g/mol. The Hall–Kier alpha value is -3.46. The standard InChI is InChI=1S/C23H17N3/c1-26-23-21(22(25-26)17-12-6-3-7-13-17)20(16-10-4-2-5-11-16)18-14-8-9-15-19(18)24-23/h2-15H,1H3. The molecule has 2 aromatic heterocycles. The number of rotatable bonds is 2. The Morgan fingerprint density at radius 1 is 0.692 bits per heavy atom. The minimum absolute atomic E-state index is 0.904. The van der Waals surface area contributed by atoms with Crippen molar-refractivity contribution in [2.75, 3.05) is 0 Å². The lowest BCUT2D eigenvalue weighted by Crippen LogP contribution is -1.93. The summed E-state index contributed by atoms with van der Waals surface area (Å²) in [6.45, 7) is 0. The average molecular weight is 335 g/mol. The van der Waals surface area contributed by atoms with E-state index < -0.39 is 0 Å². The maximum Gasteiger partial charge on any atom is 0.159 e. The topological polar surface area (TPSA) is 30.7 Å². The molecule has 0 aliphatic carbocycles. The normalized spacial score (nSPS) is 11.3. The first-order valence-corrected chi connectivity index (χ1v) is 8.69. The van der Waals surface area contributed by atoms with Crippen LogP contribution in [0.15, 0.2) is 84.9 Å². The van der Waals surface area contributed by atoms with Crippen molar-refractivity contribution < 1.29 is 0 Å². The number of fused-ring (bicyclic) bond motifs is 2. The Labute approximate surface area is 151 Å². The van der Waals surface area contributed by atoms with Gasteiger partial charge in [-0.05, 0) is 11.6 Å². The molecule has 0 saturated heterocycles. The predicted molar refractivity (Wildman–Crippen MR) is 107 cm³/mol. The van der Waals surface area contributed by atoms with E-state index in [2.05, 4.69) is 54.6 Å². The van der Waals surface area contributed by atoms with E-state index in [0.717, 1.165) is 33.2 Å². The largest absolute Gasteiger partial charge is 0.250 e. The maximum absolute atomic E-state index is 4.91. The first-order valence-electron chi connectivity index (χ1n) is 8.69. The van der Waals surface area contributed by atoms with Gasteiger partial charge in [0.2, 0.25) is 0 Å². The number of aryl methyl sites for hydroxylation is 1. The third-order valence-electron chi connectivity index (χ3n) is 4.78. The van der Waals surface area contributed by atoms with Crippen molar-refractivity contribution in [2.45, 2.75) is 0 Å². The van der Waals surface area contributed by atoms with Crippen LogP contribution in [-0.2, 0) is 7.05 Å². The van der Waals surface area contributed by atoms with Crippen LogP contribution in [0.2, 0.25) is 0 Å². The number of hydrogen-bond acceptors (Lipinski definition) is 2. The van der Waals surface area contributed by atoms with E-state index in [1.165, 1.54) is 11.1 Å². The van der Waals surface area contributed by atoms with Crippen LogP contribution >= 0.6 is 0 Å². The fourth-order valence-corrected chi connectivity index (χ4v) is 3.61. The van der Waals surface area contributed by atoms with Crippen LogP contribution in [0.1, 0.15) is 0 Å². The van der Waals surface area contributed by atoms with Crippen molar-refractivity contribution in [3.8, 4) is 22.4 Å². The molecule has 3 heteroatoms. The van der Waals surface area contributed by atoms with E-state index in [4.69, 9.17) is 10.1 Å². The number of para-hydroxylation sites is 1. The highest BCUT2D eigenvalue weighted by Crippen LogP contribution is 2.39. The molecule has 124 valence electrons. The minimum atomic E-state index is 0.904. The molecule has 5 aromatic rings. The summed E-state index contributed by atoms with van der Waals surface area (Å²) in [6.07, 6.45) is 0. The number of pyridine rings is 1. The van der Waals surface area contributed by atoms with Crippen LogP contribution in [0.3, 0.4) is 0 Å². The van der Waals surface area contributed by atoms with Gasteiger partial charge in [0, 0.05) is 23.6 Å². The first kappa shape index (κ1) is 14.8. The summed E-state index contributed by atoms with van der Waals surface area (Å²) in [4.78, 5) is 4.91. The molecule has 0 saturated carbocycles. The molecule has 0 N–H and O–H groups in total. The lowest BCUT2D eigenvalue weighted by Gasteiger charge is -2.10. The molecule has 0 unspecified atom stereocenters. The second-order valence-corrected chi connectivity index (χ2v) is 6.41. The van der Waals surface area contributed by atoms with Gasteiger partial charge in [-0.15, -0.1) is 0 Å². The Balaban J connectivity index is 2.00. The Morgan fingerprint density at radius 2 is 1.31 bits per heavy atom. The zero-order chi connectivity index (χ0) is 17.5. The molecule has 0 radical (unpaired) electrons. The predicted octanol–water partition coefficient (Wildman–Crippen LogP) is 5.46. The molecule has 0 atom stereocenters. The second-order valence-electron chi connectivity index (χ2n) is 6.41. The molecule has 3 nitrogen and oxygen atoms in total. The summed E-state index contributed by atoms with van der Waals surface area (Å²) in [6, 6.07) is 29.2. The van der Waals surface area contributed by atoms with Gasteiger partial charge in [0.1, 0.15) is 5.69 Å². The average Bonchev–Trinajstić information content (AvgIpc) is 3.04. The molecule has 3 aromatic carbocycles. The molecule has 0 aliphatic heterocycles. The van der Waals surface area contributed by atoms with Gasteiger partial charge in [0.05, 0.1) is 10.9 Å².